The van der Waals surface area contributed by atoms with Crippen LogP contribution in [0.15, 0.2) is 48.5 Å². The molecule has 5 nitrogen and oxygen atoms in total. The number of benzene rings is 2. The van der Waals surface area contributed by atoms with Gasteiger partial charge < -0.3 is 10.4 Å². The summed E-state index contributed by atoms with van der Waals surface area (Å²) in [6, 6.07) is 14.7. The van der Waals surface area contributed by atoms with Crippen LogP contribution in [-0.2, 0) is 4.79 Å². The van der Waals surface area contributed by atoms with Crippen molar-refractivity contribution in [2.75, 3.05) is 5.32 Å². The number of fused-ring (bicyclic) bond motifs is 1. The van der Waals surface area contributed by atoms with Crippen molar-refractivity contribution < 1.29 is 9.90 Å². The molecule has 0 aliphatic rings. The van der Waals surface area contributed by atoms with Crippen molar-refractivity contribution in [1.82, 2.24) is 10.2 Å². The van der Waals surface area contributed by atoms with Gasteiger partial charge in [0, 0.05) is 16.8 Å². The van der Waals surface area contributed by atoms with Crippen molar-refractivity contribution in [2.45, 2.75) is 19.4 Å². The number of aryl methyl sites for hydroxylation is 1. The molecular weight excluding hydrogens is 278 g/mol. The van der Waals surface area contributed by atoms with Gasteiger partial charge >= 0.3 is 0 Å². The van der Waals surface area contributed by atoms with E-state index in [0.717, 1.165) is 22.2 Å². The zero-order valence-corrected chi connectivity index (χ0v) is 12.2. The molecule has 2 aromatic carbocycles. The topological polar surface area (TPSA) is 78.0 Å². The van der Waals surface area contributed by atoms with Crippen molar-refractivity contribution in [1.29, 1.82) is 0 Å². The molecule has 0 saturated heterocycles. The van der Waals surface area contributed by atoms with Gasteiger partial charge in [-0.3, -0.25) is 9.89 Å². The van der Waals surface area contributed by atoms with Gasteiger partial charge in [-0.15, -0.1) is 0 Å². The molecule has 3 N–H and O–H groups in total. The molecule has 1 unspecified atom stereocenters. The van der Waals surface area contributed by atoms with Gasteiger partial charge in [-0.1, -0.05) is 30.3 Å². The number of carbonyl (C=O) groups excluding carboxylic acids is 1. The normalized spacial score (nSPS) is 12.3. The van der Waals surface area contributed by atoms with E-state index in [1.54, 1.807) is 12.1 Å². The highest BCUT2D eigenvalue weighted by molar-refractivity contribution is 5.94. The molecule has 0 aliphatic heterocycles. The molecule has 0 radical (unpaired) electrons. The summed E-state index contributed by atoms with van der Waals surface area (Å²) in [5.74, 6) is -0.233. The second kappa shape index (κ2) is 5.99. The summed E-state index contributed by atoms with van der Waals surface area (Å²) < 4.78 is 0. The number of aromatic nitrogens is 2. The predicted octanol–water partition coefficient (Wildman–Crippen LogP) is 2.93. The molecule has 0 bridgehead atoms. The van der Waals surface area contributed by atoms with Gasteiger partial charge in [-0.2, -0.15) is 5.10 Å². The zero-order chi connectivity index (χ0) is 15.5. The van der Waals surface area contributed by atoms with Gasteiger partial charge in [0.15, 0.2) is 0 Å². The van der Waals surface area contributed by atoms with E-state index in [9.17, 15) is 9.90 Å². The van der Waals surface area contributed by atoms with E-state index in [1.165, 1.54) is 0 Å². The van der Waals surface area contributed by atoms with Crippen molar-refractivity contribution in [3.63, 3.8) is 0 Å². The maximum absolute atomic E-state index is 12.0. The van der Waals surface area contributed by atoms with Crippen LogP contribution < -0.4 is 5.32 Å². The molecule has 112 valence electrons. The highest BCUT2D eigenvalue weighted by Crippen LogP contribution is 2.21. The van der Waals surface area contributed by atoms with E-state index in [0.29, 0.717) is 5.69 Å². The van der Waals surface area contributed by atoms with Crippen LogP contribution in [0.3, 0.4) is 0 Å². The number of hydrogen-bond donors (Lipinski definition) is 3. The molecule has 1 heterocycles. The summed E-state index contributed by atoms with van der Waals surface area (Å²) in [7, 11) is 0. The quantitative estimate of drug-likeness (QED) is 0.692. The maximum Gasteiger partial charge on any atom is 0.227 e. The first kappa shape index (κ1) is 14.3. The molecule has 0 aliphatic carbocycles. The summed E-state index contributed by atoms with van der Waals surface area (Å²) in [5.41, 5.74) is 3.20. The Kier molecular flexibility index (Phi) is 3.89. The van der Waals surface area contributed by atoms with Gasteiger partial charge in [0.1, 0.15) is 0 Å². The fraction of sp³-hybridized carbons (Fsp3) is 0.176. The average Bonchev–Trinajstić information content (AvgIpc) is 2.89. The van der Waals surface area contributed by atoms with Gasteiger partial charge in [0.2, 0.25) is 5.91 Å². The third-order valence-electron chi connectivity index (χ3n) is 3.59. The van der Waals surface area contributed by atoms with Gasteiger partial charge in [-0.25, -0.2) is 0 Å². The molecule has 5 heteroatoms. The van der Waals surface area contributed by atoms with E-state index < -0.39 is 6.10 Å². The molecule has 1 atom stereocenters. The van der Waals surface area contributed by atoms with Crippen LogP contribution in [0.25, 0.3) is 10.9 Å². The lowest BCUT2D eigenvalue weighted by molar-refractivity contribution is -0.118. The molecule has 0 fully saturated rings. The first-order valence-corrected chi connectivity index (χ1v) is 7.11. The minimum Gasteiger partial charge on any atom is -0.388 e. The monoisotopic (exact) mass is 295 g/mol. The van der Waals surface area contributed by atoms with Crippen LogP contribution in [0.5, 0.6) is 0 Å². The predicted molar refractivity (Wildman–Crippen MR) is 85.5 cm³/mol. The van der Waals surface area contributed by atoms with Crippen molar-refractivity contribution in [2.24, 2.45) is 0 Å². The van der Waals surface area contributed by atoms with E-state index in [4.69, 9.17) is 0 Å². The Hall–Kier alpha value is -2.66. The number of nitrogens with one attached hydrogen (secondary N) is 2. The van der Waals surface area contributed by atoms with Gasteiger partial charge in [0.25, 0.3) is 0 Å². The van der Waals surface area contributed by atoms with Crippen LogP contribution in [0.4, 0.5) is 5.69 Å². The van der Waals surface area contributed by atoms with Gasteiger partial charge in [0.05, 0.1) is 18.0 Å². The van der Waals surface area contributed by atoms with Crippen molar-refractivity contribution >= 4 is 22.5 Å². The highest BCUT2D eigenvalue weighted by atomic mass is 16.3. The molecule has 0 spiro atoms. The number of anilines is 1. The molecule has 1 amide bonds. The lowest BCUT2D eigenvalue weighted by Gasteiger charge is -2.11. The zero-order valence-electron chi connectivity index (χ0n) is 12.2. The smallest absolute Gasteiger partial charge is 0.227 e. The molecule has 0 saturated carbocycles. The highest BCUT2D eigenvalue weighted by Gasteiger charge is 2.13. The molecule has 1 aromatic heterocycles. The third-order valence-corrected chi connectivity index (χ3v) is 3.59. The van der Waals surface area contributed by atoms with Crippen LogP contribution in [0, 0.1) is 6.92 Å². The maximum atomic E-state index is 12.0. The first-order valence-electron chi connectivity index (χ1n) is 7.11. The fourth-order valence-electron chi connectivity index (χ4n) is 2.40. The molecule has 3 aromatic rings. The van der Waals surface area contributed by atoms with E-state index in [-0.39, 0.29) is 12.3 Å². The third kappa shape index (κ3) is 2.99. The number of amides is 1. The largest absolute Gasteiger partial charge is 0.388 e. The number of hydrogen-bond acceptors (Lipinski definition) is 3. The molecule has 3 rings (SSSR count). The Morgan fingerprint density at radius 3 is 2.82 bits per heavy atom. The van der Waals surface area contributed by atoms with Crippen molar-refractivity contribution in [3.05, 3.63) is 59.8 Å². The number of carbonyl (C=O) groups is 1. The number of nitrogens with zero attached hydrogens (tertiary/aromatic N) is 1. The lowest BCUT2D eigenvalue weighted by Crippen LogP contribution is -2.15. The summed E-state index contributed by atoms with van der Waals surface area (Å²) in [4.78, 5) is 12.0. The Morgan fingerprint density at radius 2 is 2.05 bits per heavy atom. The van der Waals surface area contributed by atoms with E-state index >= 15 is 0 Å². The Labute approximate surface area is 128 Å². The Morgan fingerprint density at radius 1 is 1.27 bits per heavy atom. The summed E-state index contributed by atoms with van der Waals surface area (Å²) in [6.45, 7) is 1.95. The summed E-state index contributed by atoms with van der Waals surface area (Å²) in [5, 5.41) is 21.0. The number of aromatic amines is 1. The number of aliphatic hydroxyl groups is 1. The van der Waals surface area contributed by atoms with Gasteiger partial charge in [-0.05, 0) is 30.7 Å². The van der Waals surface area contributed by atoms with E-state index in [1.807, 2.05) is 43.3 Å². The summed E-state index contributed by atoms with van der Waals surface area (Å²) >= 11 is 0. The molecule has 22 heavy (non-hydrogen) atoms. The second-order valence-corrected chi connectivity index (χ2v) is 5.26. The van der Waals surface area contributed by atoms with Crippen LogP contribution in [-0.4, -0.2) is 21.2 Å². The van der Waals surface area contributed by atoms with Crippen LogP contribution in [0.1, 0.15) is 23.8 Å². The SMILES string of the molecule is Cc1[nH]nc2cc(NC(=O)CC(O)c3ccccc3)ccc12. The minimum atomic E-state index is -0.808. The molecular formula is C17H17N3O2. The fourth-order valence-corrected chi connectivity index (χ4v) is 2.40. The number of rotatable bonds is 4. The second-order valence-electron chi connectivity index (χ2n) is 5.26. The number of H-pyrrole nitrogens is 1. The Bertz CT molecular complexity index is 796. The van der Waals surface area contributed by atoms with Crippen LogP contribution in [0.2, 0.25) is 0 Å². The minimum absolute atomic E-state index is 0.0155. The van der Waals surface area contributed by atoms with Crippen molar-refractivity contribution in [3.8, 4) is 0 Å². The van der Waals surface area contributed by atoms with E-state index in [2.05, 4.69) is 15.5 Å². The lowest BCUT2D eigenvalue weighted by atomic mass is 10.1. The van der Waals surface area contributed by atoms with Crippen LogP contribution >= 0.6 is 0 Å². The first-order chi connectivity index (χ1) is 10.6. The average molecular weight is 295 g/mol. The Balaban J connectivity index is 1.67. The number of aliphatic hydroxyl groups excluding tert-OH is 1. The summed E-state index contributed by atoms with van der Waals surface area (Å²) in [6.07, 6.45) is -0.792. The standard InChI is InChI=1S/C17H17N3O2/c1-11-14-8-7-13(9-15(14)20-19-11)18-17(22)10-16(21)12-5-3-2-4-6-12/h2-9,16,21H,10H2,1H3,(H,18,22)(H,19,20).